The molecule has 176 valence electrons. The fourth-order valence-electron chi connectivity index (χ4n) is 4.09. The predicted molar refractivity (Wildman–Crippen MR) is 144 cm³/mol. The van der Waals surface area contributed by atoms with Gasteiger partial charge in [-0.25, -0.2) is 0 Å². The molecule has 0 amide bonds. The first-order valence-corrected chi connectivity index (χ1v) is 11.2. The minimum absolute atomic E-state index is 0. The summed E-state index contributed by atoms with van der Waals surface area (Å²) in [5.41, 5.74) is 2.51. The summed E-state index contributed by atoms with van der Waals surface area (Å²) in [7, 11) is 5.22. The molecule has 0 aromatic heterocycles. The fraction of sp³-hybridized carbons (Fsp3) is 0.480. The van der Waals surface area contributed by atoms with Gasteiger partial charge < -0.3 is 25.0 Å². The van der Waals surface area contributed by atoms with Crippen molar-refractivity contribution >= 4 is 35.6 Å². The van der Waals surface area contributed by atoms with Gasteiger partial charge in [-0.15, -0.1) is 24.0 Å². The molecule has 1 unspecified atom stereocenters. The van der Waals surface area contributed by atoms with E-state index in [1.54, 1.807) is 14.2 Å². The lowest BCUT2D eigenvalue weighted by molar-refractivity contribution is 0.393. The number of methoxy groups -OCH3 is 2. The first-order chi connectivity index (χ1) is 15.2. The highest BCUT2D eigenvalue weighted by atomic mass is 127. The number of nitrogens with one attached hydrogen (secondary N) is 2. The van der Waals surface area contributed by atoms with Crippen molar-refractivity contribution in [3.63, 3.8) is 0 Å². The van der Waals surface area contributed by atoms with E-state index < -0.39 is 0 Å². The van der Waals surface area contributed by atoms with Crippen molar-refractivity contribution in [1.82, 2.24) is 10.6 Å². The number of piperidine rings is 1. The molecule has 0 aliphatic carbocycles. The van der Waals surface area contributed by atoms with Gasteiger partial charge in [0.05, 0.1) is 14.2 Å². The van der Waals surface area contributed by atoms with Gasteiger partial charge in [-0.2, -0.15) is 0 Å². The smallest absolute Gasteiger partial charge is 0.191 e. The maximum absolute atomic E-state index is 5.42. The normalized spacial score (nSPS) is 15.5. The van der Waals surface area contributed by atoms with Crippen LogP contribution in [0.15, 0.2) is 53.5 Å². The maximum atomic E-state index is 5.42. The van der Waals surface area contributed by atoms with Crippen LogP contribution >= 0.6 is 24.0 Å². The van der Waals surface area contributed by atoms with Crippen molar-refractivity contribution in [2.45, 2.75) is 38.1 Å². The largest absolute Gasteiger partial charge is 0.497 e. The first-order valence-electron chi connectivity index (χ1n) is 11.2. The van der Waals surface area contributed by atoms with Crippen LogP contribution in [0.3, 0.4) is 0 Å². The predicted octanol–water partition coefficient (Wildman–Crippen LogP) is 4.65. The number of hydrogen-bond acceptors (Lipinski definition) is 4. The third kappa shape index (κ3) is 7.18. The lowest BCUT2D eigenvalue weighted by atomic mass is 9.96. The van der Waals surface area contributed by atoms with Gasteiger partial charge in [0, 0.05) is 62.5 Å². The molecule has 1 atom stereocenters. The summed E-state index contributed by atoms with van der Waals surface area (Å²) in [5, 5.41) is 7.15. The summed E-state index contributed by atoms with van der Waals surface area (Å²) < 4.78 is 10.8. The summed E-state index contributed by atoms with van der Waals surface area (Å²) in [4.78, 5) is 6.84. The van der Waals surface area contributed by atoms with Crippen LogP contribution in [-0.2, 0) is 0 Å². The van der Waals surface area contributed by atoms with Crippen LogP contribution in [0, 0.1) is 0 Å². The minimum atomic E-state index is 0. The molecule has 0 spiro atoms. The van der Waals surface area contributed by atoms with Crippen LogP contribution < -0.4 is 25.0 Å². The molecule has 1 aliphatic rings. The molecule has 2 aromatic rings. The second kappa shape index (κ2) is 13.4. The monoisotopic (exact) mass is 552 g/mol. The van der Waals surface area contributed by atoms with E-state index in [0.717, 1.165) is 62.0 Å². The molecule has 6 nitrogen and oxygen atoms in total. The molecular weight excluding hydrogens is 515 g/mol. The number of rotatable bonds is 8. The Morgan fingerprint density at radius 2 is 1.69 bits per heavy atom. The fourth-order valence-corrected chi connectivity index (χ4v) is 4.09. The van der Waals surface area contributed by atoms with Crippen molar-refractivity contribution in [3.8, 4) is 11.5 Å². The van der Waals surface area contributed by atoms with Gasteiger partial charge in [0.1, 0.15) is 11.5 Å². The van der Waals surface area contributed by atoms with E-state index >= 15 is 0 Å². The maximum Gasteiger partial charge on any atom is 0.191 e. The van der Waals surface area contributed by atoms with E-state index in [0.29, 0.717) is 12.0 Å². The summed E-state index contributed by atoms with van der Waals surface area (Å²) >= 11 is 0. The number of nitrogens with zero attached hydrogens (tertiary/aromatic N) is 2. The van der Waals surface area contributed by atoms with E-state index in [-0.39, 0.29) is 24.0 Å². The second-order valence-electron chi connectivity index (χ2n) is 7.95. The highest BCUT2D eigenvalue weighted by molar-refractivity contribution is 14.0. The number of benzene rings is 2. The summed E-state index contributed by atoms with van der Waals surface area (Å²) in [6, 6.07) is 17.2. The van der Waals surface area contributed by atoms with E-state index in [9.17, 15) is 0 Å². The third-order valence-corrected chi connectivity index (χ3v) is 6.04. The third-order valence-electron chi connectivity index (χ3n) is 6.04. The van der Waals surface area contributed by atoms with E-state index in [1.807, 2.05) is 13.1 Å². The Kier molecular flexibility index (Phi) is 10.9. The highest BCUT2D eigenvalue weighted by Crippen LogP contribution is 2.30. The zero-order valence-electron chi connectivity index (χ0n) is 19.6. The standard InChI is InChI=1S/C25H36N4O2.HI/c1-5-19(20-9-7-6-8-10-20)18-27-25(26-2)28-21-11-13-29(14-12-21)22-15-23(30-3)17-24(16-22)31-4;/h6-10,15-17,19,21H,5,11-14,18H2,1-4H3,(H2,26,27,28);1H. The molecule has 1 fully saturated rings. The van der Waals surface area contributed by atoms with Crippen LogP contribution in [-0.4, -0.2) is 52.9 Å². The first kappa shape index (κ1) is 26.1. The Morgan fingerprint density at radius 1 is 1.06 bits per heavy atom. The Bertz CT molecular complexity index is 817. The van der Waals surface area contributed by atoms with Crippen LogP contribution in [0.25, 0.3) is 0 Å². The van der Waals surface area contributed by atoms with Crippen LogP contribution in [0.4, 0.5) is 5.69 Å². The molecule has 1 saturated heterocycles. The second-order valence-corrected chi connectivity index (χ2v) is 7.95. The molecule has 2 aromatic carbocycles. The molecular formula is C25H37IN4O2. The van der Waals surface area contributed by atoms with Crippen LogP contribution in [0.5, 0.6) is 11.5 Å². The number of guanidine groups is 1. The molecule has 2 N–H and O–H groups in total. The quantitative estimate of drug-likeness (QED) is 0.284. The topological polar surface area (TPSA) is 58.1 Å². The van der Waals surface area contributed by atoms with Gasteiger partial charge in [0.25, 0.3) is 0 Å². The lowest BCUT2D eigenvalue weighted by Crippen LogP contribution is -2.49. The molecule has 1 aliphatic heterocycles. The number of ether oxygens (including phenoxy) is 2. The van der Waals surface area contributed by atoms with Gasteiger partial charge in [-0.3, -0.25) is 4.99 Å². The molecule has 0 radical (unpaired) electrons. The minimum Gasteiger partial charge on any atom is -0.497 e. The van der Waals surface area contributed by atoms with Gasteiger partial charge in [-0.1, -0.05) is 37.3 Å². The molecule has 0 saturated carbocycles. The Labute approximate surface area is 209 Å². The molecule has 3 rings (SSSR count). The van der Waals surface area contributed by atoms with Gasteiger partial charge in [0.2, 0.25) is 0 Å². The van der Waals surface area contributed by atoms with Gasteiger partial charge >= 0.3 is 0 Å². The Hall–Kier alpha value is -2.16. The van der Waals surface area contributed by atoms with Crippen LogP contribution in [0.1, 0.15) is 37.7 Å². The summed E-state index contributed by atoms with van der Waals surface area (Å²) in [6.45, 7) is 5.07. The molecule has 1 heterocycles. The molecule has 32 heavy (non-hydrogen) atoms. The summed E-state index contributed by atoms with van der Waals surface area (Å²) in [6.07, 6.45) is 3.20. The van der Waals surface area contributed by atoms with Crippen molar-refractivity contribution in [3.05, 3.63) is 54.1 Å². The Balaban J connectivity index is 0.00000363. The average molecular weight is 553 g/mol. The zero-order chi connectivity index (χ0) is 22.1. The average Bonchev–Trinajstić information content (AvgIpc) is 2.84. The van der Waals surface area contributed by atoms with Gasteiger partial charge in [0.15, 0.2) is 5.96 Å². The number of aliphatic imine (C=N–C) groups is 1. The van der Waals surface area contributed by atoms with Crippen molar-refractivity contribution in [1.29, 1.82) is 0 Å². The Morgan fingerprint density at radius 3 is 2.22 bits per heavy atom. The highest BCUT2D eigenvalue weighted by Gasteiger charge is 2.21. The van der Waals surface area contributed by atoms with Gasteiger partial charge in [-0.05, 0) is 24.8 Å². The van der Waals surface area contributed by atoms with Crippen LogP contribution in [0.2, 0.25) is 0 Å². The SMILES string of the molecule is CCC(CNC(=NC)NC1CCN(c2cc(OC)cc(OC)c2)CC1)c1ccccc1.I. The van der Waals surface area contributed by atoms with E-state index in [2.05, 4.69) is 69.9 Å². The van der Waals surface area contributed by atoms with E-state index in [4.69, 9.17) is 9.47 Å². The van der Waals surface area contributed by atoms with E-state index in [1.165, 1.54) is 5.56 Å². The van der Waals surface area contributed by atoms with Crippen molar-refractivity contribution in [2.75, 3.05) is 45.8 Å². The molecule has 7 heteroatoms. The lowest BCUT2D eigenvalue weighted by Gasteiger charge is -2.35. The van der Waals surface area contributed by atoms with Crippen molar-refractivity contribution < 1.29 is 9.47 Å². The molecule has 0 bridgehead atoms. The number of anilines is 1. The van der Waals surface area contributed by atoms with Crippen molar-refractivity contribution in [2.24, 2.45) is 4.99 Å². The zero-order valence-corrected chi connectivity index (χ0v) is 22.0. The number of halogens is 1. The number of hydrogen-bond donors (Lipinski definition) is 2. The summed E-state index contributed by atoms with van der Waals surface area (Å²) in [5.74, 6) is 3.01.